The van der Waals surface area contributed by atoms with Gasteiger partial charge in [-0.05, 0) is 36.8 Å². The fraction of sp³-hybridized carbons (Fsp3) is 0.550. The van der Waals surface area contributed by atoms with E-state index in [2.05, 4.69) is 5.32 Å². The van der Waals surface area contributed by atoms with E-state index in [4.69, 9.17) is 18.9 Å². The monoisotopic (exact) mass is 419 g/mol. The van der Waals surface area contributed by atoms with E-state index in [0.29, 0.717) is 25.2 Å². The Hall–Kier alpha value is -2.59. The van der Waals surface area contributed by atoms with Crippen molar-refractivity contribution in [1.29, 1.82) is 0 Å². The molecule has 1 aromatic rings. The quantitative estimate of drug-likeness (QED) is 0.382. The van der Waals surface area contributed by atoms with Crippen molar-refractivity contribution in [3.8, 4) is 5.75 Å². The third-order valence-electron chi connectivity index (χ3n) is 5.21. The van der Waals surface area contributed by atoms with Crippen LogP contribution < -0.4 is 9.97 Å². The molecule has 2 heterocycles. The van der Waals surface area contributed by atoms with Gasteiger partial charge >= 0.3 is 19.1 Å². The molecule has 0 saturated carbocycles. The smallest absolute Gasteiger partial charge is 0.534 e. The number of hydrogen-bond acceptors (Lipinski definition) is 8. The number of carbonyl (C=O) groups excluding carboxylic acids is 3. The molecule has 9 nitrogen and oxygen atoms in total. The number of amides is 1. The third-order valence-corrected chi connectivity index (χ3v) is 5.21. The minimum absolute atomic E-state index is 0.118. The van der Waals surface area contributed by atoms with Crippen molar-refractivity contribution in [2.75, 3.05) is 20.0 Å². The Morgan fingerprint density at radius 1 is 1.23 bits per heavy atom. The molecule has 1 aromatic carbocycles. The summed E-state index contributed by atoms with van der Waals surface area (Å²) in [6.07, 6.45) is 2.48. The molecule has 0 spiro atoms. The summed E-state index contributed by atoms with van der Waals surface area (Å²) < 4.78 is 20.8. The van der Waals surface area contributed by atoms with Crippen molar-refractivity contribution in [3.05, 3.63) is 29.3 Å². The SMILES string of the molecule is CCC(=O)N[C@H]1Cc2cccc(C(=O)OCOC(=O)CC3CCOCC3)c2OB1O. The van der Waals surface area contributed by atoms with Crippen LogP contribution in [0.4, 0.5) is 0 Å². The standard InChI is InChI=1S/C20H26BNO8/c1-2-17(23)22-16-11-14-4-3-5-15(19(14)30-21(16)26)20(25)29-12-28-18(24)10-13-6-8-27-9-7-13/h3-5,13,16,26H,2,6-12H2,1H3,(H,22,23)/t16-/m0/s1. The topological polar surface area (TPSA) is 120 Å². The van der Waals surface area contributed by atoms with Crippen LogP contribution in [-0.2, 0) is 30.2 Å². The van der Waals surface area contributed by atoms with Gasteiger partial charge in [0.1, 0.15) is 11.3 Å². The predicted octanol–water partition coefficient (Wildman–Crippen LogP) is 1.01. The highest BCUT2D eigenvalue weighted by atomic mass is 16.7. The maximum atomic E-state index is 12.4. The molecule has 2 N–H and O–H groups in total. The van der Waals surface area contributed by atoms with Gasteiger partial charge in [0.2, 0.25) is 12.7 Å². The summed E-state index contributed by atoms with van der Waals surface area (Å²) in [6.45, 7) is 2.49. The molecule has 2 aliphatic rings. The molecule has 0 unspecified atom stereocenters. The van der Waals surface area contributed by atoms with Crippen molar-refractivity contribution in [3.63, 3.8) is 0 Å². The van der Waals surface area contributed by atoms with E-state index in [1.165, 1.54) is 6.07 Å². The summed E-state index contributed by atoms with van der Waals surface area (Å²) in [5.41, 5.74) is 0.778. The van der Waals surface area contributed by atoms with Gasteiger partial charge < -0.3 is 29.2 Å². The molecular formula is C20H26BNO8. The molecule has 3 rings (SSSR count). The lowest BCUT2D eigenvalue weighted by Gasteiger charge is -2.29. The molecule has 30 heavy (non-hydrogen) atoms. The Morgan fingerprint density at radius 2 is 2.00 bits per heavy atom. The number of ether oxygens (including phenoxy) is 3. The van der Waals surface area contributed by atoms with Gasteiger partial charge in [-0.25, -0.2) is 4.79 Å². The van der Waals surface area contributed by atoms with Crippen LogP contribution in [0.2, 0.25) is 0 Å². The molecule has 0 aliphatic carbocycles. The molecule has 1 amide bonds. The molecule has 1 atom stereocenters. The Labute approximate surface area is 175 Å². The van der Waals surface area contributed by atoms with E-state index in [-0.39, 0.29) is 36.0 Å². The van der Waals surface area contributed by atoms with E-state index in [9.17, 15) is 19.4 Å². The zero-order chi connectivity index (χ0) is 21.5. The zero-order valence-electron chi connectivity index (χ0n) is 16.9. The summed E-state index contributed by atoms with van der Waals surface area (Å²) in [5, 5.41) is 12.9. The zero-order valence-corrected chi connectivity index (χ0v) is 16.9. The number of benzene rings is 1. The van der Waals surface area contributed by atoms with Crippen LogP contribution in [-0.4, -0.2) is 55.9 Å². The first-order valence-corrected chi connectivity index (χ1v) is 10.1. The third kappa shape index (κ3) is 5.73. The summed E-state index contributed by atoms with van der Waals surface area (Å²) >= 11 is 0. The minimum atomic E-state index is -1.29. The van der Waals surface area contributed by atoms with Crippen molar-refractivity contribution < 1.29 is 38.3 Å². The van der Waals surface area contributed by atoms with Crippen LogP contribution in [0.15, 0.2) is 18.2 Å². The Balaban J connectivity index is 1.54. The maximum absolute atomic E-state index is 12.4. The van der Waals surface area contributed by atoms with E-state index in [0.717, 1.165) is 12.8 Å². The van der Waals surface area contributed by atoms with Crippen molar-refractivity contribution in [2.24, 2.45) is 5.92 Å². The first-order valence-electron chi connectivity index (χ1n) is 10.1. The van der Waals surface area contributed by atoms with Crippen molar-refractivity contribution >= 4 is 25.0 Å². The van der Waals surface area contributed by atoms with Crippen LogP contribution in [0.5, 0.6) is 5.75 Å². The average Bonchev–Trinajstić information content (AvgIpc) is 2.74. The molecule has 10 heteroatoms. The normalized spacial score (nSPS) is 18.7. The van der Waals surface area contributed by atoms with Crippen LogP contribution in [0, 0.1) is 5.92 Å². The highest BCUT2D eigenvalue weighted by molar-refractivity contribution is 6.47. The van der Waals surface area contributed by atoms with Gasteiger partial charge in [-0.1, -0.05) is 19.1 Å². The van der Waals surface area contributed by atoms with Crippen LogP contribution in [0.1, 0.15) is 48.5 Å². The van der Waals surface area contributed by atoms with Gasteiger partial charge in [-0.2, -0.15) is 0 Å². The summed E-state index contributed by atoms with van der Waals surface area (Å²) in [6, 6.07) is 4.91. The highest BCUT2D eigenvalue weighted by Gasteiger charge is 2.37. The lowest BCUT2D eigenvalue weighted by Crippen LogP contribution is -2.53. The van der Waals surface area contributed by atoms with E-state index in [1.54, 1.807) is 19.1 Å². The summed E-state index contributed by atoms with van der Waals surface area (Å²) in [4.78, 5) is 36.0. The fourth-order valence-corrected chi connectivity index (χ4v) is 3.49. The molecule has 1 saturated heterocycles. The maximum Gasteiger partial charge on any atom is 0.547 e. The lowest BCUT2D eigenvalue weighted by atomic mass is 9.72. The molecule has 0 bridgehead atoms. The Bertz CT molecular complexity index is 780. The summed E-state index contributed by atoms with van der Waals surface area (Å²) in [7, 11) is -1.29. The van der Waals surface area contributed by atoms with Gasteiger partial charge in [0.25, 0.3) is 0 Å². The number of fused-ring (bicyclic) bond motifs is 1. The molecular weight excluding hydrogens is 393 g/mol. The first-order chi connectivity index (χ1) is 14.5. The second-order valence-corrected chi connectivity index (χ2v) is 7.36. The second-order valence-electron chi connectivity index (χ2n) is 7.36. The van der Waals surface area contributed by atoms with Gasteiger partial charge in [-0.15, -0.1) is 0 Å². The second kappa shape index (κ2) is 10.4. The number of nitrogens with one attached hydrogen (secondary N) is 1. The van der Waals surface area contributed by atoms with Crippen LogP contribution in [0.25, 0.3) is 0 Å². The number of rotatable bonds is 7. The first kappa shape index (κ1) is 22.1. The number of hydrogen-bond donors (Lipinski definition) is 2. The van der Waals surface area contributed by atoms with Gasteiger partial charge in [0.05, 0.1) is 5.94 Å². The van der Waals surface area contributed by atoms with E-state index in [1.807, 2.05) is 0 Å². The molecule has 0 aromatic heterocycles. The molecule has 2 aliphatic heterocycles. The van der Waals surface area contributed by atoms with E-state index >= 15 is 0 Å². The molecule has 1 fully saturated rings. The van der Waals surface area contributed by atoms with Gasteiger partial charge in [0.15, 0.2) is 0 Å². The predicted molar refractivity (Wildman–Crippen MR) is 106 cm³/mol. The number of esters is 2. The Morgan fingerprint density at radius 3 is 2.73 bits per heavy atom. The number of carbonyl (C=O) groups is 3. The highest BCUT2D eigenvalue weighted by Crippen LogP contribution is 2.30. The molecule has 162 valence electrons. The largest absolute Gasteiger partial charge is 0.547 e. The summed E-state index contributed by atoms with van der Waals surface area (Å²) in [5.74, 6) is -1.55. The lowest BCUT2D eigenvalue weighted by molar-refractivity contribution is -0.154. The fourth-order valence-electron chi connectivity index (χ4n) is 3.49. The Kier molecular flexibility index (Phi) is 7.70. The molecule has 0 radical (unpaired) electrons. The average molecular weight is 419 g/mol. The number of para-hydroxylation sites is 1. The van der Waals surface area contributed by atoms with Crippen LogP contribution in [0.3, 0.4) is 0 Å². The van der Waals surface area contributed by atoms with Gasteiger partial charge in [-0.3, -0.25) is 9.59 Å². The van der Waals surface area contributed by atoms with Crippen LogP contribution >= 0.6 is 0 Å². The van der Waals surface area contributed by atoms with Gasteiger partial charge in [0, 0.05) is 26.1 Å². The van der Waals surface area contributed by atoms with Crippen molar-refractivity contribution in [1.82, 2.24) is 5.32 Å². The van der Waals surface area contributed by atoms with Crippen molar-refractivity contribution in [2.45, 2.75) is 45.0 Å². The van der Waals surface area contributed by atoms with E-state index < -0.39 is 31.8 Å². The minimum Gasteiger partial charge on any atom is -0.534 e.